The number of carboxylic acids is 1. The van der Waals surface area contributed by atoms with Crippen LogP contribution in [0.15, 0.2) is 0 Å². The molecule has 0 aliphatic rings. The third kappa shape index (κ3) is 3.17. The van der Waals surface area contributed by atoms with Crippen molar-refractivity contribution in [3.8, 4) is 0 Å². The standard InChI is InChI=1S/C7H2F12O3/c8-1(4(11,12)13)22-7(18,19)6(16,17)5(14,15)3(9,10)2(20)21/h1H,(H,20,21). The van der Waals surface area contributed by atoms with Crippen LogP contribution < -0.4 is 0 Å². The van der Waals surface area contributed by atoms with Gasteiger partial charge < -0.3 is 5.11 Å². The summed E-state index contributed by atoms with van der Waals surface area (Å²) in [5, 5.41) is 7.61. The normalized spacial score (nSPS) is 16.5. The maximum Gasteiger partial charge on any atom is 0.445 e. The minimum absolute atomic E-state index is 1.75. The highest BCUT2D eigenvalue weighted by Gasteiger charge is 2.84. The van der Waals surface area contributed by atoms with Crippen LogP contribution in [0.3, 0.4) is 0 Å². The Kier molecular flexibility index (Phi) is 5.00. The topological polar surface area (TPSA) is 46.5 Å². The highest BCUT2D eigenvalue weighted by atomic mass is 19.4. The van der Waals surface area contributed by atoms with Crippen LogP contribution in [0.1, 0.15) is 0 Å². The van der Waals surface area contributed by atoms with Crippen molar-refractivity contribution >= 4 is 5.97 Å². The molecule has 0 aliphatic heterocycles. The predicted octanol–water partition coefficient (Wildman–Crippen LogP) is 3.44. The second kappa shape index (κ2) is 5.34. The Bertz CT molecular complexity index is 427. The molecule has 132 valence electrons. The van der Waals surface area contributed by atoms with E-state index < -0.39 is 42.4 Å². The number of aliphatic carboxylic acids is 1. The fraction of sp³-hybridized carbons (Fsp3) is 0.857. The summed E-state index contributed by atoms with van der Waals surface area (Å²) in [5.41, 5.74) is 0. The monoisotopic (exact) mass is 362 g/mol. The Morgan fingerprint density at radius 2 is 1.18 bits per heavy atom. The fourth-order valence-electron chi connectivity index (χ4n) is 0.785. The zero-order valence-electron chi connectivity index (χ0n) is 9.38. The van der Waals surface area contributed by atoms with Crippen LogP contribution in [0.5, 0.6) is 0 Å². The molecular weight excluding hydrogens is 360 g/mol. The molecule has 0 aromatic carbocycles. The fourth-order valence-corrected chi connectivity index (χ4v) is 0.785. The van der Waals surface area contributed by atoms with Crippen molar-refractivity contribution in [3.05, 3.63) is 0 Å². The van der Waals surface area contributed by atoms with Gasteiger partial charge in [-0.3, -0.25) is 4.74 Å². The number of hydrogen-bond donors (Lipinski definition) is 1. The molecule has 0 spiro atoms. The molecule has 0 aliphatic carbocycles. The molecule has 0 aromatic rings. The molecule has 0 rings (SSSR count). The van der Waals surface area contributed by atoms with Crippen molar-refractivity contribution in [1.29, 1.82) is 0 Å². The average molecular weight is 362 g/mol. The number of ether oxygens (including phenoxy) is 1. The Morgan fingerprint density at radius 3 is 1.45 bits per heavy atom. The summed E-state index contributed by atoms with van der Waals surface area (Å²) >= 11 is 0. The van der Waals surface area contributed by atoms with E-state index >= 15 is 0 Å². The van der Waals surface area contributed by atoms with Crippen molar-refractivity contribution in [1.82, 2.24) is 0 Å². The molecule has 0 fully saturated rings. The molecule has 1 atom stereocenters. The molecule has 15 heteroatoms. The van der Waals surface area contributed by atoms with E-state index in [4.69, 9.17) is 5.11 Å². The minimum Gasteiger partial charge on any atom is -0.477 e. The van der Waals surface area contributed by atoms with E-state index in [1.807, 2.05) is 0 Å². The van der Waals surface area contributed by atoms with Crippen molar-refractivity contribution in [2.24, 2.45) is 0 Å². The molecule has 22 heavy (non-hydrogen) atoms. The van der Waals surface area contributed by atoms with E-state index in [-0.39, 0.29) is 0 Å². The molecule has 0 radical (unpaired) electrons. The lowest BCUT2D eigenvalue weighted by Gasteiger charge is -2.35. The quantitative estimate of drug-likeness (QED) is 0.737. The van der Waals surface area contributed by atoms with E-state index in [0.717, 1.165) is 0 Å². The maximum absolute atomic E-state index is 12.7. The van der Waals surface area contributed by atoms with E-state index in [1.54, 1.807) is 4.74 Å². The lowest BCUT2D eigenvalue weighted by atomic mass is 10.0. The average Bonchev–Trinajstić information content (AvgIpc) is 2.25. The van der Waals surface area contributed by atoms with Crippen molar-refractivity contribution in [2.75, 3.05) is 0 Å². The molecule has 3 nitrogen and oxygen atoms in total. The van der Waals surface area contributed by atoms with Crippen molar-refractivity contribution < 1.29 is 67.3 Å². The third-order valence-electron chi connectivity index (χ3n) is 1.93. The Labute approximate surface area is 111 Å². The summed E-state index contributed by atoms with van der Waals surface area (Å²) in [6.45, 7) is 0. The molecule has 0 aromatic heterocycles. The maximum atomic E-state index is 12.7. The largest absolute Gasteiger partial charge is 0.477 e. The van der Waals surface area contributed by atoms with Gasteiger partial charge >= 0.3 is 36.0 Å². The van der Waals surface area contributed by atoms with Crippen molar-refractivity contribution in [2.45, 2.75) is 36.4 Å². The van der Waals surface area contributed by atoms with Crippen LogP contribution >= 0.6 is 0 Å². The molecule has 1 unspecified atom stereocenters. The molecule has 0 saturated carbocycles. The lowest BCUT2D eigenvalue weighted by molar-refractivity contribution is -0.455. The number of alkyl halides is 12. The van der Waals surface area contributed by atoms with Crippen LogP contribution in [-0.4, -0.2) is 47.5 Å². The number of rotatable bonds is 6. The second-order valence-corrected chi connectivity index (χ2v) is 3.52. The van der Waals surface area contributed by atoms with Gasteiger partial charge in [-0.2, -0.15) is 48.3 Å². The Balaban J connectivity index is 5.75. The predicted molar refractivity (Wildman–Crippen MR) is 39.5 cm³/mol. The van der Waals surface area contributed by atoms with Gasteiger partial charge in [0.15, 0.2) is 0 Å². The van der Waals surface area contributed by atoms with Gasteiger partial charge in [0.2, 0.25) is 0 Å². The molecule has 0 bridgehead atoms. The lowest BCUT2D eigenvalue weighted by Crippen LogP contribution is -2.65. The van der Waals surface area contributed by atoms with Gasteiger partial charge in [-0.25, -0.2) is 9.18 Å². The summed E-state index contributed by atoms with van der Waals surface area (Å²) < 4.78 is 149. The van der Waals surface area contributed by atoms with Gasteiger partial charge in [-0.15, -0.1) is 0 Å². The summed E-state index contributed by atoms with van der Waals surface area (Å²) in [6.07, 6.45) is -18.7. The summed E-state index contributed by atoms with van der Waals surface area (Å²) in [6, 6.07) is 0. The van der Waals surface area contributed by atoms with Gasteiger partial charge in [0, 0.05) is 0 Å². The Hall–Kier alpha value is -1.41. The third-order valence-corrected chi connectivity index (χ3v) is 1.93. The van der Waals surface area contributed by atoms with E-state index in [2.05, 4.69) is 0 Å². The highest BCUT2D eigenvalue weighted by molar-refractivity contribution is 5.77. The van der Waals surface area contributed by atoms with Crippen LogP contribution in [-0.2, 0) is 9.53 Å². The minimum atomic E-state index is -7.50. The number of carboxylic acid groups (broad SMARTS) is 1. The molecule has 0 saturated heterocycles. The van der Waals surface area contributed by atoms with Crippen molar-refractivity contribution in [3.63, 3.8) is 0 Å². The highest BCUT2D eigenvalue weighted by Crippen LogP contribution is 2.53. The molecule has 0 heterocycles. The van der Waals surface area contributed by atoms with Gasteiger partial charge in [0.05, 0.1) is 0 Å². The first-order chi connectivity index (χ1) is 9.32. The summed E-state index contributed by atoms with van der Waals surface area (Å²) in [4.78, 5) is 9.72. The van der Waals surface area contributed by atoms with Gasteiger partial charge in [-0.05, 0) is 0 Å². The van der Waals surface area contributed by atoms with Crippen LogP contribution in [0.4, 0.5) is 52.7 Å². The Morgan fingerprint density at radius 1 is 0.818 bits per heavy atom. The summed E-state index contributed by atoms with van der Waals surface area (Å²) in [7, 11) is 0. The number of halogens is 12. The SMILES string of the molecule is O=C(O)C(F)(F)C(F)(F)C(F)(F)C(F)(F)OC(F)C(F)(F)F. The number of carbonyl (C=O) groups is 1. The second-order valence-electron chi connectivity index (χ2n) is 3.52. The van der Waals surface area contributed by atoms with E-state index in [1.165, 1.54) is 0 Å². The van der Waals surface area contributed by atoms with E-state index in [0.29, 0.717) is 0 Å². The zero-order chi connectivity index (χ0) is 18.4. The first kappa shape index (κ1) is 20.6. The first-order valence-electron chi connectivity index (χ1n) is 4.45. The van der Waals surface area contributed by atoms with Gasteiger partial charge in [0.1, 0.15) is 0 Å². The van der Waals surface area contributed by atoms with Gasteiger partial charge in [-0.1, -0.05) is 0 Å². The molecular formula is C7H2F12O3. The van der Waals surface area contributed by atoms with Crippen LogP contribution in [0, 0.1) is 0 Å². The number of hydrogen-bond acceptors (Lipinski definition) is 2. The van der Waals surface area contributed by atoms with Gasteiger partial charge in [0.25, 0.3) is 6.36 Å². The zero-order valence-corrected chi connectivity index (χ0v) is 9.38. The molecule has 0 amide bonds. The van der Waals surface area contributed by atoms with E-state index in [9.17, 15) is 57.5 Å². The summed E-state index contributed by atoms with van der Waals surface area (Å²) in [5.74, 6) is -25.7. The smallest absolute Gasteiger partial charge is 0.445 e. The van der Waals surface area contributed by atoms with Crippen LogP contribution in [0.25, 0.3) is 0 Å². The van der Waals surface area contributed by atoms with Crippen LogP contribution in [0.2, 0.25) is 0 Å². The first-order valence-corrected chi connectivity index (χ1v) is 4.45. The molecule has 1 N–H and O–H groups in total.